The molecule has 1 aromatic carbocycles. The predicted molar refractivity (Wildman–Crippen MR) is 68.6 cm³/mol. The zero-order valence-electron chi connectivity index (χ0n) is 10.1. The van der Waals surface area contributed by atoms with Gasteiger partial charge in [0.2, 0.25) is 0 Å². The average Bonchev–Trinajstić information content (AvgIpc) is 3.00. The lowest BCUT2D eigenvalue weighted by Crippen LogP contribution is -2.14. The van der Waals surface area contributed by atoms with Gasteiger partial charge in [-0.25, -0.2) is 4.98 Å². The molecule has 1 N–H and O–H groups in total. The van der Waals surface area contributed by atoms with Gasteiger partial charge in [-0.2, -0.15) is 0 Å². The van der Waals surface area contributed by atoms with Crippen LogP contribution in [0, 0.1) is 0 Å². The maximum absolute atomic E-state index is 4.45. The van der Waals surface area contributed by atoms with E-state index in [2.05, 4.69) is 39.1 Å². The molecular weight excluding hydrogens is 210 g/mol. The Morgan fingerprint density at radius 2 is 2.24 bits per heavy atom. The first-order valence-electron chi connectivity index (χ1n) is 6.16. The predicted octanol–water partition coefficient (Wildman–Crippen LogP) is 2.51. The van der Waals surface area contributed by atoms with E-state index in [1.807, 2.05) is 19.4 Å². The van der Waals surface area contributed by atoms with Crippen molar-refractivity contribution in [3.8, 4) is 11.4 Å². The number of imidazole rings is 1. The molecule has 0 bridgehead atoms. The molecule has 88 valence electrons. The van der Waals surface area contributed by atoms with E-state index in [1.54, 1.807) is 0 Å². The van der Waals surface area contributed by atoms with Gasteiger partial charge in [-0.1, -0.05) is 24.3 Å². The van der Waals surface area contributed by atoms with Gasteiger partial charge in [0.05, 0.1) is 0 Å². The van der Waals surface area contributed by atoms with Crippen LogP contribution in [0.15, 0.2) is 36.7 Å². The summed E-state index contributed by atoms with van der Waals surface area (Å²) in [6.07, 6.45) is 6.34. The molecule has 0 amide bonds. The Balaban J connectivity index is 2.07. The molecule has 3 rings (SSSR count). The highest BCUT2D eigenvalue weighted by Gasteiger charge is 2.20. The van der Waals surface area contributed by atoms with Gasteiger partial charge in [-0.05, 0) is 24.9 Å². The first-order chi connectivity index (χ1) is 8.36. The fraction of sp³-hybridized carbons (Fsp3) is 0.357. The molecule has 2 aromatic rings. The molecule has 1 aliphatic heterocycles. The summed E-state index contributed by atoms with van der Waals surface area (Å²) in [4.78, 5) is 4.45. The molecule has 17 heavy (non-hydrogen) atoms. The third-order valence-electron chi connectivity index (χ3n) is 3.46. The second-order valence-corrected chi connectivity index (χ2v) is 4.60. The van der Waals surface area contributed by atoms with E-state index in [-0.39, 0.29) is 0 Å². The van der Waals surface area contributed by atoms with Crippen LogP contribution in [0.25, 0.3) is 11.4 Å². The van der Waals surface area contributed by atoms with E-state index in [1.165, 1.54) is 24.0 Å². The Bertz CT molecular complexity index is 510. The largest absolute Gasteiger partial charge is 0.334 e. The molecule has 1 saturated heterocycles. The highest BCUT2D eigenvalue weighted by Crippen LogP contribution is 2.31. The molecule has 2 heterocycles. The van der Waals surface area contributed by atoms with Gasteiger partial charge in [-0.3, -0.25) is 0 Å². The van der Waals surface area contributed by atoms with Gasteiger partial charge >= 0.3 is 0 Å². The van der Waals surface area contributed by atoms with E-state index >= 15 is 0 Å². The normalized spacial score (nSPS) is 19.7. The minimum absolute atomic E-state index is 0.489. The molecule has 1 atom stereocenters. The van der Waals surface area contributed by atoms with E-state index in [4.69, 9.17) is 0 Å². The van der Waals surface area contributed by atoms with Crippen molar-refractivity contribution in [3.63, 3.8) is 0 Å². The number of hydrogen-bond acceptors (Lipinski definition) is 2. The number of benzene rings is 1. The summed E-state index contributed by atoms with van der Waals surface area (Å²) in [5, 5.41) is 3.56. The number of aromatic nitrogens is 2. The molecule has 0 radical (unpaired) electrons. The lowest BCUT2D eigenvalue weighted by atomic mass is 9.98. The van der Waals surface area contributed by atoms with E-state index in [0.29, 0.717) is 6.04 Å². The summed E-state index contributed by atoms with van der Waals surface area (Å²) >= 11 is 0. The zero-order valence-corrected chi connectivity index (χ0v) is 10.1. The van der Waals surface area contributed by atoms with Gasteiger partial charge in [0.1, 0.15) is 5.82 Å². The Labute approximate surface area is 101 Å². The van der Waals surface area contributed by atoms with Crippen LogP contribution in [-0.4, -0.2) is 16.1 Å². The van der Waals surface area contributed by atoms with Crippen LogP contribution in [-0.2, 0) is 7.05 Å². The average molecular weight is 227 g/mol. The van der Waals surface area contributed by atoms with Crippen molar-refractivity contribution in [2.24, 2.45) is 7.05 Å². The van der Waals surface area contributed by atoms with Gasteiger partial charge in [0, 0.05) is 31.0 Å². The highest BCUT2D eigenvalue weighted by molar-refractivity contribution is 5.61. The minimum atomic E-state index is 0.489. The number of nitrogens with one attached hydrogen (secondary N) is 1. The van der Waals surface area contributed by atoms with Crippen LogP contribution >= 0.6 is 0 Å². The van der Waals surface area contributed by atoms with Crippen LogP contribution < -0.4 is 5.32 Å². The molecule has 0 aliphatic carbocycles. The third kappa shape index (κ3) is 1.87. The molecule has 0 spiro atoms. The van der Waals surface area contributed by atoms with Crippen molar-refractivity contribution in [2.75, 3.05) is 6.54 Å². The molecule has 1 unspecified atom stereocenters. The maximum atomic E-state index is 4.45. The molecular formula is C14H17N3. The van der Waals surface area contributed by atoms with Crippen LogP contribution in [0.4, 0.5) is 0 Å². The summed E-state index contributed by atoms with van der Waals surface area (Å²) in [5.74, 6) is 1.05. The number of nitrogens with zero attached hydrogens (tertiary/aromatic N) is 2. The quantitative estimate of drug-likeness (QED) is 0.854. The van der Waals surface area contributed by atoms with Crippen LogP contribution in [0.2, 0.25) is 0 Å². The monoisotopic (exact) mass is 227 g/mol. The van der Waals surface area contributed by atoms with Crippen LogP contribution in [0.5, 0.6) is 0 Å². The second-order valence-electron chi connectivity index (χ2n) is 4.60. The summed E-state index contributed by atoms with van der Waals surface area (Å²) in [6.45, 7) is 1.12. The zero-order chi connectivity index (χ0) is 11.7. The van der Waals surface area contributed by atoms with E-state index in [0.717, 1.165) is 12.4 Å². The Morgan fingerprint density at radius 3 is 2.94 bits per heavy atom. The summed E-state index contributed by atoms with van der Waals surface area (Å²) in [6, 6.07) is 9.07. The standard InChI is InChI=1S/C14H17N3/c1-17-10-9-16-14(17)12-6-3-2-5-11(12)13-7-4-8-15-13/h2-3,5-6,9-10,13,15H,4,7-8H2,1H3. The highest BCUT2D eigenvalue weighted by atomic mass is 15.0. The second kappa shape index (κ2) is 4.34. The lowest BCUT2D eigenvalue weighted by Gasteiger charge is -2.15. The number of aryl methyl sites for hydroxylation is 1. The molecule has 0 saturated carbocycles. The summed E-state index contributed by atoms with van der Waals surface area (Å²) in [7, 11) is 2.04. The summed E-state index contributed by atoms with van der Waals surface area (Å²) < 4.78 is 2.08. The van der Waals surface area contributed by atoms with E-state index < -0.39 is 0 Å². The van der Waals surface area contributed by atoms with Crippen molar-refractivity contribution in [1.82, 2.24) is 14.9 Å². The van der Waals surface area contributed by atoms with Gasteiger partial charge in [-0.15, -0.1) is 0 Å². The molecule has 1 aliphatic rings. The Hall–Kier alpha value is -1.61. The van der Waals surface area contributed by atoms with Crippen molar-refractivity contribution in [1.29, 1.82) is 0 Å². The topological polar surface area (TPSA) is 29.9 Å². The summed E-state index contributed by atoms with van der Waals surface area (Å²) in [5.41, 5.74) is 2.62. The molecule has 1 aromatic heterocycles. The lowest BCUT2D eigenvalue weighted by molar-refractivity contribution is 0.648. The minimum Gasteiger partial charge on any atom is -0.334 e. The number of rotatable bonds is 2. The SMILES string of the molecule is Cn1ccnc1-c1ccccc1C1CCCN1. The fourth-order valence-electron chi connectivity index (χ4n) is 2.58. The Morgan fingerprint density at radius 1 is 1.35 bits per heavy atom. The van der Waals surface area contributed by atoms with E-state index in [9.17, 15) is 0 Å². The van der Waals surface area contributed by atoms with Gasteiger partial charge < -0.3 is 9.88 Å². The molecule has 1 fully saturated rings. The van der Waals surface area contributed by atoms with Crippen molar-refractivity contribution in [3.05, 3.63) is 42.2 Å². The first-order valence-corrected chi connectivity index (χ1v) is 6.16. The van der Waals surface area contributed by atoms with Crippen molar-refractivity contribution >= 4 is 0 Å². The molecule has 3 heteroatoms. The maximum Gasteiger partial charge on any atom is 0.139 e. The number of hydrogen-bond donors (Lipinski definition) is 1. The Kier molecular flexibility index (Phi) is 2.69. The first kappa shape index (κ1) is 10.5. The van der Waals surface area contributed by atoms with Gasteiger partial charge in [0.25, 0.3) is 0 Å². The fourth-order valence-corrected chi connectivity index (χ4v) is 2.58. The third-order valence-corrected chi connectivity index (χ3v) is 3.46. The van der Waals surface area contributed by atoms with Crippen molar-refractivity contribution in [2.45, 2.75) is 18.9 Å². The van der Waals surface area contributed by atoms with Gasteiger partial charge in [0.15, 0.2) is 0 Å². The van der Waals surface area contributed by atoms with Crippen molar-refractivity contribution < 1.29 is 0 Å². The van der Waals surface area contributed by atoms with Crippen LogP contribution in [0.3, 0.4) is 0 Å². The smallest absolute Gasteiger partial charge is 0.139 e. The molecule has 3 nitrogen and oxygen atoms in total. The van der Waals surface area contributed by atoms with Crippen LogP contribution in [0.1, 0.15) is 24.4 Å².